The van der Waals surface area contributed by atoms with Crippen LogP contribution < -0.4 is 15.5 Å². The van der Waals surface area contributed by atoms with Crippen LogP contribution in [-0.4, -0.2) is 30.2 Å². The molecule has 0 heterocycles. The van der Waals surface area contributed by atoms with Gasteiger partial charge in [0.1, 0.15) is 0 Å². The molecule has 1 fully saturated rings. The molecule has 32 heavy (non-hydrogen) atoms. The Bertz CT molecular complexity index is 949. The minimum absolute atomic E-state index is 0.00919. The first-order valence-electron chi connectivity index (χ1n) is 11.1. The van der Waals surface area contributed by atoms with E-state index in [1.165, 1.54) is 0 Å². The molecule has 3 rings (SSSR count). The minimum Gasteiger partial charge on any atom is -0.481 e. The van der Waals surface area contributed by atoms with Crippen molar-refractivity contribution in [3.63, 3.8) is 0 Å². The van der Waals surface area contributed by atoms with Gasteiger partial charge in [0.05, 0.1) is 17.3 Å². The quantitative estimate of drug-likeness (QED) is 0.413. The lowest BCUT2D eigenvalue weighted by molar-refractivity contribution is -0.138. The third-order valence-corrected chi connectivity index (χ3v) is 5.67. The summed E-state index contributed by atoms with van der Waals surface area (Å²) in [6.45, 7) is 10.4. The predicted octanol–water partition coefficient (Wildman–Crippen LogP) is 6.29. The van der Waals surface area contributed by atoms with Gasteiger partial charge in [-0.05, 0) is 66.1 Å². The molecule has 6 nitrogen and oxygen atoms in total. The predicted molar refractivity (Wildman–Crippen MR) is 131 cm³/mol. The number of urea groups is 1. The third-order valence-electron chi connectivity index (χ3n) is 5.42. The molecular formula is C25H32ClN3O3. The Morgan fingerprint density at radius 2 is 1.66 bits per heavy atom. The van der Waals surface area contributed by atoms with Gasteiger partial charge in [0.2, 0.25) is 0 Å². The Hall–Kier alpha value is -2.73. The molecule has 0 aromatic heterocycles. The van der Waals surface area contributed by atoms with E-state index in [4.69, 9.17) is 11.6 Å². The third kappa shape index (κ3) is 6.39. The molecule has 2 aromatic rings. The largest absolute Gasteiger partial charge is 0.481 e. The summed E-state index contributed by atoms with van der Waals surface area (Å²) in [6.07, 6.45) is 0.632. The summed E-state index contributed by atoms with van der Waals surface area (Å²) in [5.41, 5.74) is 3.21. The normalized spacial score (nSPS) is 17.3. The van der Waals surface area contributed by atoms with E-state index in [1.807, 2.05) is 18.2 Å². The van der Waals surface area contributed by atoms with Crippen molar-refractivity contribution in [3.05, 3.63) is 53.1 Å². The van der Waals surface area contributed by atoms with Crippen molar-refractivity contribution in [2.45, 2.75) is 40.0 Å². The number of anilines is 3. The first-order chi connectivity index (χ1) is 15.1. The molecule has 0 bridgehead atoms. The van der Waals surface area contributed by atoms with E-state index < -0.39 is 5.97 Å². The van der Waals surface area contributed by atoms with E-state index >= 15 is 0 Å². The number of nitrogens with zero attached hydrogens (tertiary/aromatic N) is 1. The summed E-state index contributed by atoms with van der Waals surface area (Å²) in [5, 5.41) is 15.8. The number of benzene rings is 2. The molecule has 1 aliphatic carbocycles. The second kappa shape index (κ2) is 10.3. The van der Waals surface area contributed by atoms with Crippen LogP contribution in [0.3, 0.4) is 0 Å². The monoisotopic (exact) mass is 457 g/mol. The molecule has 7 heteroatoms. The number of hydrogen-bond donors (Lipinski definition) is 3. The highest BCUT2D eigenvalue weighted by atomic mass is 35.5. The van der Waals surface area contributed by atoms with Gasteiger partial charge in [0.25, 0.3) is 0 Å². The zero-order valence-corrected chi connectivity index (χ0v) is 19.8. The number of halogens is 1. The van der Waals surface area contributed by atoms with E-state index in [-0.39, 0.29) is 17.9 Å². The average Bonchev–Trinajstić information content (AvgIpc) is 3.50. The number of carbonyl (C=O) groups excluding carboxylic acids is 1. The maximum atomic E-state index is 12.8. The lowest BCUT2D eigenvalue weighted by Gasteiger charge is -2.30. The average molecular weight is 458 g/mol. The molecule has 2 unspecified atom stereocenters. The smallest absolute Gasteiger partial charge is 0.323 e. The molecule has 2 atom stereocenters. The fourth-order valence-electron chi connectivity index (χ4n) is 3.97. The van der Waals surface area contributed by atoms with E-state index in [2.05, 4.69) is 43.2 Å². The molecular weight excluding hydrogens is 426 g/mol. The minimum atomic E-state index is -0.768. The van der Waals surface area contributed by atoms with Crippen molar-refractivity contribution < 1.29 is 14.7 Å². The second-order valence-electron chi connectivity index (χ2n) is 9.34. The van der Waals surface area contributed by atoms with Crippen molar-refractivity contribution in [1.82, 2.24) is 0 Å². The summed E-state index contributed by atoms with van der Waals surface area (Å²) in [5.74, 6) is -0.229. The van der Waals surface area contributed by atoms with Crippen LogP contribution in [0.2, 0.25) is 5.02 Å². The van der Waals surface area contributed by atoms with Gasteiger partial charge < -0.3 is 20.6 Å². The number of aliphatic carboxylic acids is 1. The summed E-state index contributed by atoms with van der Waals surface area (Å²) >= 11 is 5.93. The molecule has 0 spiro atoms. The Kier molecular flexibility index (Phi) is 7.67. The van der Waals surface area contributed by atoms with E-state index in [0.29, 0.717) is 34.7 Å². The van der Waals surface area contributed by atoms with E-state index in [1.54, 1.807) is 24.3 Å². The Morgan fingerprint density at radius 3 is 2.19 bits per heavy atom. The highest BCUT2D eigenvalue weighted by Gasteiger charge is 2.44. The molecule has 0 radical (unpaired) electrons. The highest BCUT2D eigenvalue weighted by Crippen LogP contribution is 2.49. The van der Waals surface area contributed by atoms with Crippen molar-refractivity contribution in [2.24, 2.45) is 17.8 Å². The molecule has 1 saturated carbocycles. The van der Waals surface area contributed by atoms with Crippen LogP contribution in [0.1, 0.15) is 45.6 Å². The molecule has 2 amide bonds. The van der Waals surface area contributed by atoms with Gasteiger partial charge >= 0.3 is 12.0 Å². The SMILES string of the molecule is CC(C)CN(CC(C)C)c1ccc(C2CC2C(=O)O)cc1NC(=O)Nc1ccc(Cl)cc1. The van der Waals surface area contributed by atoms with Crippen LogP contribution in [0.4, 0.5) is 21.9 Å². The Labute approximate surface area is 195 Å². The number of nitrogens with one attached hydrogen (secondary N) is 2. The fourth-order valence-corrected chi connectivity index (χ4v) is 4.09. The summed E-state index contributed by atoms with van der Waals surface area (Å²) < 4.78 is 0. The number of carboxylic acids is 1. The maximum absolute atomic E-state index is 12.8. The zero-order chi connectivity index (χ0) is 23.4. The number of rotatable bonds is 9. The molecule has 2 aromatic carbocycles. The van der Waals surface area contributed by atoms with Crippen molar-refractivity contribution in [1.29, 1.82) is 0 Å². The van der Waals surface area contributed by atoms with Crippen LogP contribution in [0.25, 0.3) is 0 Å². The van der Waals surface area contributed by atoms with Gasteiger partial charge in [0, 0.05) is 23.8 Å². The van der Waals surface area contributed by atoms with Crippen LogP contribution in [0, 0.1) is 17.8 Å². The molecule has 3 N–H and O–H groups in total. The Morgan fingerprint density at radius 1 is 1.03 bits per heavy atom. The number of amides is 2. The summed E-state index contributed by atoms with van der Waals surface area (Å²) in [7, 11) is 0. The lowest BCUT2D eigenvalue weighted by Crippen LogP contribution is -2.32. The maximum Gasteiger partial charge on any atom is 0.323 e. The molecule has 0 saturated heterocycles. The van der Waals surface area contributed by atoms with Gasteiger partial charge in [-0.1, -0.05) is 45.4 Å². The van der Waals surface area contributed by atoms with Crippen molar-refractivity contribution in [3.8, 4) is 0 Å². The van der Waals surface area contributed by atoms with Crippen LogP contribution in [0.15, 0.2) is 42.5 Å². The van der Waals surface area contributed by atoms with Crippen molar-refractivity contribution >= 4 is 40.7 Å². The molecule has 0 aliphatic heterocycles. The van der Waals surface area contributed by atoms with Gasteiger partial charge in [-0.2, -0.15) is 0 Å². The van der Waals surface area contributed by atoms with E-state index in [9.17, 15) is 14.7 Å². The lowest BCUT2D eigenvalue weighted by atomic mass is 10.0. The van der Waals surface area contributed by atoms with Crippen LogP contribution in [0.5, 0.6) is 0 Å². The van der Waals surface area contributed by atoms with Gasteiger partial charge in [-0.3, -0.25) is 4.79 Å². The number of hydrogen-bond acceptors (Lipinski definition) is 3. The number of carbonyl (C=O) groups is 2. The summed E-state index contributed by atoms with van der Waals surface area (Å²) in [4.78, 5) is 26.4. The standard InChI is InChI=1S/C25H32ClN3O3/c1-15(2)13-29(14-16(3)4)23-10-5-17(20-12-21(20)24(30)31)11-22(23)28-25(32)27-19-8-6-18(26)7-9-19/h5-11,15-16,20-21H,12-14H2,1-4H3,(H,30,31)(H2,27,28,32). The highest BCUT2D eigenvalue weighted by molar-refractivity contribution is 6.30. The fraction of sp³-hybridized carbons (Fsp3) is 0.440. The van der Waals surface area contributed by atoms with Crippen molar-refractivity contribution in [2.75, 3.05) is 28.6 Å². The molecule has 172 valence electrons. The number of carboxylic acid groups (broad SMARTS) is 1. The van der Waals surface area contributed by atoms with Crippen LogP contribution in [-0.2, 0) is 4.79 Å². The Balaban J connectivity index is 1.88. The molecule has 1 aliphatic rings. The summed E-state index contributed by atoms with van der Waals surface area (Å²) in [6, 6.07) is 12.5. The van der Waals surface area contributed by atoms with Gasteiger partial charge in [-0.15, -0.1) is 0 Å². The second-order valence-corrected chi connectivity index (χ2v) is 9.78. The zero-order valence-electron chi connectivity index (χ0n) is 19.1. The first-order valence-corrected chi connectivity index (χ1v) is 11.5. The van der Waals surface area contributed by atoms with Gasteiger partial charge in [-0.25, -0.2) is 4.79 Å². The van der Waals surface area contributed by atoms with Crippen LogP contribution >= 0.6 is 11.6 Å². The first kappa shape index (κ1) is 23.9. The topological polar surface area (TPSA) is 81.7 Å². The van der Waals surface area contributed by atoms with Gasteiger partial charge in [0.15, 0.2) is 0 Å². The van der Waals surface area contributed by atoms with E-state index in [0.717, 1.165) is 24.3 Å².